The highest BCUT2D eigenvalue weighted by Crippen LogP contribution is 2.50. The van der Waals surface area contributed by atoms with Crippen LogP contribution in [-0.2, 0) is 4.89 Å². The fourth-order valence-electron chi connectivity index (χ4n) is 3.15. The second-order valence-corrected chi connectivity index (χ2v) is 5.75. The van der Waals surface area contributed by atoms with Crippen LogP contribution in [0.2, 0.25) is 0 Å². The highest BCUT2D eigenvalue weighted by atomic mass is 17.1. The number of hydrogen-bond acceptors (Lipinski definition) is 2. The highest BCUT2D eigenvalue weighted by Gasteiger charge is 2.47. The zero-order chi connectivity index (χ0) is 11.5. The van der Waals surface area contributed by atoms with Gasteiger partial charge >= 0.3 is 0 Å². The van der Waals surface area contributed by atoms with E-state index in [1.807, 2.05) is 0 Å². The van der Waals surface area contributed by atoms with Gasteiger partial charge in [0.05, 0.1) is 0 Å². The summed E-state index contributed by atoms with van der Waals surface area (Å²) in [6.45, 7) is 8.79. The Hall–Kier alpha value is -0.0800. The molecule has 0 aromatic rings. The molecule has 15 heavy (non-hydrogen) atoms. The molecule has 0 aliphatic heterocycles. The minimum absolute atomic E-state index is 0.0116. The smallest absolute Gasteiger partial charge is 0.103 e. The molecule has 2 heteroatoms. The van der Waals surface area contributed by atoms with Crippen molar-refractivity contribution in [2.24, 2.45) is 10.8 Å². The van der Waals surface area contributed by atoms with Crippen LogP contribution in [0.1, 0.15) is 66.2 Å². The largest absolute Gasteiger partial charge is 0.251 e. The Morgan fingerprint density at radius 3 is 2.13 bits per heavy atom. The summed E-state index contributed by atoms with van der Waals surface area (Å²) < 4.78 is 0. The first kappa shape index (κ1) is 13.0. The Morgan fingerprint density at radius 1 is 1.27 bits per heavy atom. The molecule has 1 fully saturated rings. The van der Waals surface area contributed by atoms with Gasteiger partial charge in [0.1, 0.15) is 6.10 Å². The van der Waals surface area contributed by atoms with Crippen LogP contribution >= 0.6 is 0 Å². The van der Waals surface area contributed by atoms with Gasteiger partial charge in [-0.2, -0.15) is 0 Å². The van der Waals surface area contributed by atoms with Gasteiger partial charge in [-0.25, -0.2) is 4.89 Å². The van der Waals surface area contributed by atoms with Crippen LogP contribution in [0.15, 0.2) is 0 Å². The average Bonchev–Trinajstić information content (AvgIpc) is 2.68. The predicted molar refractivity (Wildman–Crippen MR) is 62.8 cm³/mol. The average molecular weight is 214 g/mol. The van der Waals surface area contributed by atoms with Gasteiger partial charge in [0.2, 0.25) is 0 Å². The molecule has 0 spiro atoms. The number of rotatable bonds is 5. The van der Waals surface area contributed by atoms with Gasteiger partial charge in [0, 0.05) is 5.41 Å². The molecule has 0 heterocycles. The van der Waals surface area contributed by atoms with Crippen molar-refractivity contribution < 1.29 is 10.1 Å². The Bertz CT molecular complexity index is 193. The van der Waals surface area contributed by atoms with Crippen LogP contribution in [0.25, 0.3) is 0 Å². The Morgan fingerprint density at radius 2 is 1.80 bits per heavy atom. The molecule has 0 radical (unpaired) electrons. The standard InChI is InChI=1S/C13H26O2/c1-5-12(3,4)11(15-14)13(6-2)9-7-8-10-13/h11,14H,5-10H2,1-4H3. The maximum Gasteiger partial charge on any atom is 0.103 e. The first-order valence-electron chi connectivity index (χ1n) is 6.32. The van der Waals surface area contributed by atoms with E-state index in [2.05, 4.69) is 27.7 Å². The summed E-state index contributed by atoms with van der Waals surface area (Å²) in [6.07, 6.45) is 7.13. The second kappa shape index (κ2) is 4.84. The van der Waals surface area contributed by atoms with Crippen molar-refractivity contribution in [2.45, 2.75) is 72.3 Å². The van der Waals surface area contributed by atoms with E-state index in [-0.39, 0.29) is 16.9 Å². The third-order valence-corrected chi connectivity index (χ3v) is 4.59. The first-order chi connectivity index (χ1) is 7.02. The fraction of sp³-hybridized carbons (Fsp3) is 1.00. The zero-order valence-electron chi connectivity index (χ0n) is 10.7. The van der Waals surface area contributed by atoms with Gasteiger partial charge in [0.15, 0.2) is 0 Å². The third kappa shape index (κ3) is 2.36. The van der Waals surface area contributed by atoms with Crippen LogP contribution in [0, 0.1) is 10.8 Å². The van der Waals surface area contributed by atoms with Gasteiger partial charge in [-0.1, -0.05) is 40.5 Å². The van der Waals surface area contributed by atoms with Gasteiger partial charge in [-0.05, 0) is 31.1 Å². The SMILES string of the molecule is CCC(C)(C)C(OO)C1(CC)CCCC1. The summed E-state index contributed by atoms with van der Waals surface area (Å²) >= 11 is 0. The van der Waals surface area contributed by atoms with Gasteiger partial charge < -0.3 is 0 Å². The zero-order valence-corrected chi connectivity index (χ0v) is 10.7. The fourth-order valence-corrected chi connectivity index (χ4v) is 3.15. The third-order valence-electron chi connectivity index (χ3n) is 4.59. The minimum atomic E-state index is -0.0116. The van der Waals surface area contributed by atoms with Gasteiger partial charge in [-0.15, -0.1) is 0 Å². The second-order valence-electron chi connectivity index (χ2n) is 5.75. The molecule has 1 atom stereocenters. The molecule has 0 bridgehead atoms. The molecule has 90 valence electrons. The van der Waals surface area contributed by atoms with Gasteiger partial charge in [-0.3, -0.25) is 5.26 Å². The summed E-state index contributed by atoms with van der Waals surface area (Å²) in [5.41, 5.74) is 0.281. The molecule has 1 N–H and O–H groups in total. The minimum Gasteiger partial charge on any atom is -0.251 e. The molecule has 1 saturated carbocycles. The van der Waals surface area contributed by atoms with Crippen molar-refractivity contribution in [3.63, 3.8) is 0 Å². The predicted octanol–water partition coefficient (Wildman–Crippen LogP) is 4.25. The van der Waals surface area contributed by atoms with Crippen LogP contribution in [0.4, 0.5) is 0 Å². The quantitative estimate of drug-likeness (QED) is 0.547. The highest BCUT2D eigenvalue weighted by molar-refractivity contribution is 4.96. The monoisotopic (exact) mass is 214 g/mol. The Kier molecular flexibility index (Phi) is 4.19. The van der Waals surface area contributed by atoms with E-state index in [0.717, 1.165) is 12.8 Å². The van der Waals surface area contributed by atoms with Crippen molar-refractivity contribution in [3.8, 4) is 0 Å². The summed E-state index contributed by atoms with van der Waals surface area (Å²) in [4.78, 5) is 4.88. The van der Waals surface area contributed by atoms with E-state index in [1.54, 1.807) is 0 Å². The van der Waals surface area contributed by atoms with Crippen molar-refractivity contribution in [1.29, 1.82) is 0 Å². The van der Waals surface area contributed by atoms with E-state index in [9.17, 15) is 5.26 Å². The summed E-state index contributed by atoms with van der Waals surface area (Å²) in [6, 6.07) is 0. The van der Waals surface area contributed by atoms with Crippen molar-refractivity contribution in [1.82, 2.24) is 0 Å². The van der Waals surface area contributed by atoms with Crippen LogP contribution in [-0.4, -0.2) is 11.4 Å². The van der Waals surface area contributed by atoms with Crippen LogP contribution in [0.3, 0.4) is 0 Å². The van der Waals surface area contributed by atoms with E-state index >= 15 is 0 Å². The summed E-state index contributed by atoms with van der Waals surface area (Å²) in [7, 11) is 0. The van der Waals surface area contributed by atoms with E-state index in [0.29, 0.717) is 0 Å². The molecule has 2 nitrogen and oxygen atoms in total. The summed E-state index contributed by atoms with van der Waals surface area (Å²) in [5, 5.41) is 9.25. The molecule has 0 amide bonds. The molecule has 1 rings (SSSR count). The number of hydrogen-bond donors (Lipinski definition) is 1. The molecule has 0 aromatic carbocycles. The maximum atomic E-state index is 9.25. The van der Waals surface area contributed by atoms with Crippen molar-refractivity contribution in [2.75, 3.05) is 0 Å². The topological polar surface area (TPSA) is 29.5 Å². The molecular formula is C13H26O2. The molecule has 0 saturated heterocycles. The van der Waals surface area contributed by atoms with Crippen molar-refractivity contribution >= 4 is 0 Å². The normalized spacial score (nSPS) is 23.0. The first-order valence-corrected chi connectivity index (χ1v) is 6.32. The van der Waals surface area contributed by atoms with E-state index in [4.69, 9.17) is 4.89 Å². The Balaban J connectivity index is 2.88. The van der Waals surface area contributed by atoms with E-state index in [1.165, 1.54) is 25.7 Å². The molecule has 0 aromatic heterocycles. The summed E-state index contributed by atoms with van der Waals surface area (Å²) in [5.74, 6) is 0. The lowest BCUT2D eigenvalue weighted by molar-refractivity contribution is -0.329. The lowest BCUT2D eigenvalue weighted by atomic mass is 9.66. The maximum absolute atomic E-state index is 9.25. The van der Waals surface area contributed by atoms with E-state index < -0.39 is 0 Å². The molecule has 1 unspecified atom stereocenters. The Labute approximate surface area is 93.9 Å². The van der Waals surface area contributed by atoms with Crippen molar-refractivity contribution in [3.05, 3.63) is 0 Å². The molecule has 1 aliphatic rings. The lowest BCUT2D eigenvalue weighted by Gasteiger charge is -2.43. The van der Waals surface area contributed by atoms with Crippen LogP contribution < -0.4 is 0 Å². The molecule has 1 aliphatic carbocycles. The lowest BCUT2D eigenvalue weighted by Crippen LogP contribution is -2.44. The molecular weight excluding hydrogens is 188 g/mol. The van der Waals surface area contributed by atoms with Crippen LogP contribution in [0.5, 0.6) is 0 Å². The van der Waals surface area contributed by atoms with Gasteiger partial charge in [0.25, 0.3) is 0 Å².